The van der Waals surface area contributed by atoms with E-state index in [4.69, 9.17) is 4.42 Å². The van der Waals surface area contributed by atoms with Gasteiger partial charge in [0.2, 0.25) is 0 Å². The summed E-state index contributed by atoms with van der Waals surface area (Å²) in [7, 11) is 0. The van der Waals surface area contributed by atoms with Crippen LogP contribution < -0.4 is 5.32 Å². The minimum Gasteiger partial charge on any atom is -0.464 e. The van der Waals surface area contributed by atoms with Gasteiger partial charge in [0.05, 0.1) is 12.3 Å². The molecule has 21 heavy (non-hydrogen) atoms. The second kappa shape index (κ2) is 7.96. The van der Waals surface area contributed by atoms with Crippen LogP contribution in [0.1, 0.15) is 30.0 Å². The summed E-state index contributed by atoms with van der Waals surface area (Å²) in [6.45, 7) is 2.64. The molecule has 2 rings (SSSR count). The molecule has 0 aliphatic heterocycles. The Morgan fingerprint density at radius 3 is 2.48 bits per heavy atom. The summed E-state index contributed by atoms with van der Waals surface area (Å²) in [5.41, 5.74) is 1.18. The van der Waals surface area contributed by atoms with Crippen molar-refractivity contribution in [3.63, 3.8) is 0 Å². The molecule has 0 aliphatic carbocycles. The van der Waals surface area contributed by atoms with Gasteiger partial charge >= 0.3 is 0 Å². The monoisotopic (exact) mass is 375 g/mol. The molecular formula is C15H16BrF2NOS. The van der Waals surface area contributed by atoms with E-state index in [1.165, 1.54) is 5.56 Å². The lowest BCUT2D eigenvalue weighted by Gasteiger charge is -2.13. The largest absolute Gasteiger partial charge is 0.464 e. The molecule has 1 unspecified atom stereocenters. The summed E-state index contributed by atoms with van der Waals surface area (Å²) in [5, 5.41) is 3.35. The third kappa shape index (κ3) is 5.45. The molecule has 0 saturated carbocycles. The van der Waals surface area contributed by atoms with Crippen molar-refractivity contribution < 1.29 is 13.2 Å². The number of benzene rings is 1. The van der Waals surface area contributed by atoms with E-state index in [9.17, 15) is 8.78 Å². The standard InChI is InChI=1S/C15H16BrF2NOS/c1-10(11-2-4-12(16)5-3-11)19-8-13-6-7-14(20-13)9-21-15(17)18/h2-7,10,15,19H,8-9H2,1H3. The van der Waals surface area contributed by atoms with Crippen molar-refractivity contribution in [3.05, 3.63) is 58.0 Å². The molecule has 6 heteroatoms. The maximum atomic E-state index is 12.1. The quantitative estimate of drug-likeness (QED) is 0.705. The molecular weight excluding hydrogens is 360 g/mol. The van der Waals surface area contributed by atoms with Gasteiger partial charge in [-0.25, -0.2) is 0 Å². The highest BCUT2D eigenvalue weighted by molar-refractivity contribution is 9.10. The summed E-state index contributed by atoms with van der Waals surface area (Å²) in [6, 6.07) is 11.9. The van der Waals surface area contributed by atoms with Crippen molar-refractivity contribution in [2.45, 2.75) is 31.0 Å². The Balaban J connectivity index is 1.83. The van der Waals surface area contributed by atoms with Crippen molar-refractivity contribution >= 4 is 27.7 Å². The fraction of sp³-hybridized carbons (Fsp3) is 0.333. The fourth-order valence-electron chi connectivity index (χ4n) is 1.86. The van der Waals surface area contributed by atoms with Crippen molar-refractivity contribution in [1.82, 2.24) is 5.32 Å². The first-order valence-electron chi connectivity index (χ1n) is 6.51. The molecule has 1 atom stereocenters. The second-order valence-electron chi connectivity index (χ2n) is 4.59. The van der Waals surface area contributed by atoms with Gasteiger partial charge in [-0.3, -0.25) is 0 Å². The van der Waals surface area contributed by atoms with Crippen LogP contribution in [0.2, 0.25) is 0 Å². The molecule has 1 N–H and O–H groups in total. The van der Waals surface area contributed by atoms with Crippen molar-refractivity contribution in [2.75, 3.05) is 0 Å². The third-order valence-electron chi connectivity index (χ3n) is 3.02. The number of alkyl halides is 2. The topological polar surface area (TPSA) is 25.2 Å². The minimum absolute atomic E-state index is 0.182. The Morgan fingerprint density at radius 1 is 1.14 bits per heavy atom. The first-order valence-corrected chi connectivity index (χ1v) is 8.35. The molecule has 0 fully saturated rings. The van der Waals surface area contributed by atoms with E-state index in [0.29, 0.717) is 24.1 Å². The average Bonchev–Trinajstić information content (AvgIpc) is 2.91. The lowest BCUT2D eigenvalue weighted by Crippen LogP contribution is -2.17. The molecule has 114 valence electrons. The molecule has 0 radical (unpaired) electrons. The van der Waals surface area contributed by atoms with Crippen LogP contribution >= 0.6 is 27.7 Å². The van der Waals surface area contributed by atoms with Gasteiger partial charge in [0, 0.05) is 10.5 Å². The van der Waals surface area contributed by atoms with E-state index in [1.807, 2.05) is 18.2 Å². The Kier molecular flexibility index (Phi) is 6.26. The maximum absolute atomic E-state index is 12.1. The Labute approximate surface area is 135 Å². The van der Waals surface area contributed by atoms with Crippen LogP contribution in [0.4, 0.5) is 8.78 Å². The number of nitrogens with one attached hydrogen (secondary N) is 1. The number of hydrogen-bond acceptors (Lipinski definition) is 3. The summed E-state index contributed by atoms with van der Waals surface area (Å²) >= 11 is 3.98. The number of rotatable bonds is 7. The summed E-state index contributed by atoms with van der Waals surface area (Å²) in [5.74, 6) is -0.841. The van der Waals surface area contributed by atoms with E-state index >= 15 is 0 Å². The molecule has 2 aromatic rings. The van der Waals surface area contributed by atoms with E-state index in [0.717, 1.165) is 10.2 Å². The first-order chi connectivity index (χ1) is 10.0. The SMILES string of the molecule is CC(NCc1ccc(CSC(F)F)o1)c1ccc(Br)cc1. The van der Waals surface area contributed by atoms with Gasteiger partial charge in [0.25, 0.3) is 5.76 Å². The molecule has 0 saturated heterocycles. The van der Waals surface area contributed by atoms with E-state index in [-0.39, 0.29) is 11.8 Å². The van der Waals surface area contributed by atoms with E-state index in [2.05, 4.69) is 40.3 Å². The zero-order valence-corrected chi connectivity index (χ0v) is 13.9. The van der Waals surface area contributed by atoms with Gasteiger partial charge in [0.15, 0.2) is 0 Å². The molecule has 1 heterocycles. The van der Waals surface area contributed by atoms with Gasteiger partial charge < -0.3 is 9.73 Å². The number of furan rings is 1. The highest BCUT2D eigenvalue weighted by Crippen LogP contribution is 2.22. The summed E-state index contributed by atoms with van der Waals surface area (Å²) in [6.07, 6.45) is 0. The molecule has 2 nitrogen and oxygen atoms in total. The Bertz CT molecular complexity index is 559. The van der Waals surface area contributed by atoms with Crippen LogP contribution in [0.5, 0.6) is 0 Å². The van der Waals surface area contributed by atoms with Crippen LogP contribution in [-0.2, 0) is 12.3 Å². The van der Waals surface area contributed by atoms with Gasteiger partial charge in [-0.1, -0.05) is 39.8 Å². The summed E-state index contributed by atoms with van der Waals surface area (Å²) in [4.78, 5) is 0. The molecule has 1 aromatic carbocycles. The fourth-order valence-corrected chi connectivity index (χ4v) is 2.57. The predicted octanol–water partition coefficient (Wildman–Crippen LogP) is 5.35. The van der Waals surface area contributed by atoms with Crippen molar-refractivity contribution in [3.8, 4) is 0 Å². The lowest BCUT2D eigenvalue weighted by molar-refractivity contribution is 0.251. The highest BCUT2D eigenvalue weighted by Gasteiger charge is 2.09. The Hall–Kier alpha value is -0.850. The van der Waals surface area contributed by atoms with Crippen LogP contribution in [0.3, 0.4) is 0 Å². The average molecular weight is 376 g/mol. The normalized spacial score (nSPS) is 12.8. The zero-order valence-electron chi connectivity index (χ0n) is 11.5. The minimum atomic E-state index is -2.37. The lowest BCUT2D eigenvalue weighted by atomic mass is 10.1. The smallest absolute Gasteiger partial charge is 0.284 e. The predicted molar refractivity (Wildman–Crippen MR) is 85.4 cm³/mol. The van der Waals surface area contributed by atoms with E-state index in [1.54, 1.807) is 6.07 Å². The number of hydrogen-bond donors (Lipinski definition) is 1. The molecule has 0 amide bonds. The number of thioether (sulfide) groups is 1. The van der Waals surface area contributed by atoms with Gasteiger partial charge in [-0.05, 0) is 36.8 Å². The van der Waals surface area contributed by atoms with Gasteiger partial charge in [0.1, 0.15) is 11.5 Å². The second-order valence-corrected chi connectivity index (χ2v) is 6.49. The van der Waals surface area contributed by atoms with Crippen molar-refractivity contribution in [2.24, 2.45) is 0 Å². The van der Waals surface area contributed by atoms with Crippen LogP contribution in [0.15, 0.2) is 45.3 Å². The molecule has 0 aliphatic rings. The zero-order chi connectivity index (χ0) is 15.2. The van der Waals surface area contributed by atoms with Crippen LogP contribution in [-0.4, -0.2) is 5.76 Å². The van der Waals surface area contributed by atoms with Gasteiger partial charge in [-0.2, -0.15) is 8.78 Å². The summed E-state index contributed by atoms with van der Waals surface area (Å²) < 4.78 is 30.8. The molecule has 1 aromatic heterocycles. The molecule has 0 bridgehead atoms. The van der Waals surface area contributed by atoms with Crippen molar-refractivity contribution in [1.29, 1.82) is 0 Å². The maximum Gasteiger partial charge on any atom is 0.284 e. The van der Waals surface area contributed by atoms with Crippen LogP contribution in [0.25, 0.3) is 0 Å². The van der Waals surface area contributed by atoms with Crippen LogP contribution in [0, 0.1) is 0 Å². The molecule has 0 spiro atoms. The van der Waals surface area contributed by atoms with E-state index < -0.39 is 5.76 Å². The van der Waals surface area contributed by atoms with Gasteiger partial charge in [-0.15, -0.1) is 0 Å². The number of halogens is 3. The Morgan fingerprint density at radius 2 is 1.81 bits per heavy atom. The first kappa shape index (κ1) is 16.5. The highest BCUT2D eigenvalue weighted by atomic mass is 79.9. The third-order valence-corrected chi connectivity index (χ3v) is 4.25.